The molecule has 0 unspecified atom stereocenters. The van der Waals surface area contributed by atoms with Gasteiger partial charge in [-0.1, -0.05) is 104 Å². The highest BCUT2D eigenvalue weighted by Gasteiger charge is 2.16. The van der Waals surface area contributed by atoms with E-state index >= 15 is 0 Å². The van der Waals surface area contributed by atoms with E-state index in [1.54, 1.807) is 5.82 Å². The monoisotopic (exact) mass is 391 g/mol. The molecule has 0 aromatic carbocycles. The molecule has 0 saturated heterocycles. The molecule has 1 rings (SSSR count). The van der Waals surface area contributed by atoms with Gasteiger partial charge in [-0.05, 0) is 25.7 Å². The Morgan fingerprint density at radius 2 is 1.11 bits per heavy atom. The third-order valence-electron chi connectivity index (χ3n) is 6.10. The molecule has 1 aromatic rings. The summed E-state index contributed by atoms with van der Waals surface area (Å²) in [4.78, 5) is 0. The van der Waals surface area contributed by atoms with Crippen LogP contribution in [0.2, 0.25) is 0 Å². The number of aromatic nitrogens is 2. The van der Waals surface area contributed by atoms with E-state index in [1.807, 2.05) is 0 Å². The summed E-state index contributed by atoms with van der Waals surface area (Å²) in [5.74, 6) is 1.59. The topological polar surface area (TPSA) is 8.81 Å². The van der Waals surface area contributed by atoms with Crippen LogP contribution >= 0.6 is 0 Å². The molecular weight excluding hydrogens is 340 g/mol. The van der Waals surface area contributed by atoms with E-state index in [1.165, 1.54) is 129 Å². The first-order valence-electron chi connectivity index (χ1n) is 12.9. The van der Waals surface area contributed by atoms with Crippen LogP contribution in [0.4, 0.5) is 0 Å². The number of unbranched alkanes of at least 4 members (excludes halogenated alkanes) is 14. The van der Waals surface area contributed by atoms with Crippen molar-refractivity contribution < 1.29 is 4.57 Å². The molecule has 0 radical (unpaired) electrons. The van der Waals surface area contributed by atoms with Crippen LogP contribution in [0.25, 0.3) is 0 Å². The summed E-state index contributed by atoms with van der Waals surface area (Å²) in [5.41, 5.74) is 0. The van der Waals surface area contributed by atoms with E-state index in [0.717, 1.165) is 0 Å². The Labute approximate surface area is 177 Å². The lowest BCUT2D eigenvalue weighted by atomic mass is 10.1. The van der Waals surface area contributed by atoms with E-state index in [4.69, 9.17) is 0 Å². The predicted molar refractivity (Wildman–Crippen MR) is 124 cm³/mol. The summed E-state index contributed by atoms with van der Waals surface area (Å²) in [6, 6.07) is 0. The van der Waals surface area contributed by atoms with Crippen molar-refractivity contribution in [1.82, 2.24) is 4.57 Å². The van der Waals surface area contributed by atoms with Crippen molar-refractivity contribution in [3.63, 3.8) is 0 Å². The molecule has 1 aromatic heterocycles. The van der Waals surface area contributed by atoms with Crippen molar-refractivity contribution >= 4 is 0 Å². The standard InChI is InChI=1S/C26H51N2/c1-4-7-10-12-14-15-17-19-21-26-27(22-9-6-3)24-25-28(26)23-20-18-16-13-11-8-5-2/h24-25H,4-23H2,1-3H3/q+1. The molecule has 0 aliphatic rings. The molecule has 0 aliphatic carbocycles. The van der Waals surface area contributed by atoms with Gasteiger partial charge in [0, 0.05) is 6.42 Å². The maximum Gasteiger partial charge on any atom is 0.256 e. The quantitative estimate of drug-likeness (QED) is 0.157. The van der Waals surface area contributed by atoms with Gasteiger partial charge in [0.2, 0.25) is 0 Å². The SMILES string of the molecule is CCCCCCCCCCc1n(CCCC)cc[n+]1CCCCCCCCC. The Morgan fingerprint density at radius 3 is 1.68 bits per heavy atom. The zero-order chi connectivity index (χ0) is 20.3. The minimum Gasteiger partial charge on any atom is -0.234 e. The van der Waals surface area contributed by atoms with Crippen LogP contribution in [-0.4, -0.2) is 4.57 Å². The first kappa shape index (κ1) is 25.2. The number of hydrogen-bond donors (Lipinski definition) is 0. The lowest BCUT2D eigenvalue weighted by Gasteiger charge is -2.06. The molecule has 0 fully saturated rings. The van der Waals surface area contributed by atoms with E-state index in [-0.39, 0.29) is 0 Å². The van der Waals surface area contributed by atoms with Gasteiger partial charge < -0.3 is 0 Å². The van der Waals surface area contributed by atoms with Crippen molar-refractivity contribution in [2.45, 2.75) is 149 Å². The molecule has 28 heavy (non-hydrogen) atoms. The zero-order valence-corrected chi connectivity index (χ0v) is 19.7. The van der Waals surface area contributed by atoms with Crippen molar-refractivity contribution in [2.75, 3.05) is 0 Å². The van der Waals surface area contributed by atoms with Gasteiger partial charge in [0.1, 0.15) is 12.4 Å². The van der Waals surface area contributed by atoms with E-state index < -0.39 is 0 Å². The summed E-state index contributed by atoms with van der Waals surface area (Å²) < 4.78 is 5.12. The second-order valence-electron chi connectivity index (χ2n) is 8.80. The first-order chi connectivity index (χ1) is 13.8. The number of rotatable bonds is 20. The summed E-state index contributed by atoms with van der Waals surface area (Å²) >= 11 is 0. The van der Waals surface area contributed by atoms with Crippen LogP contribution < -0.4 is 4.57 Å². The van der Waals surface area contributed by atoms with Crippen molar-refractivity contribution in [3.05, 3.63) is 18.2 Å². The average Bonchev–Trinajstić information content (AvgIpc) is 3.09. The third kappa shape index (κ3) is 11.9. The number of nitrogens with zero attached hydrogens (tertiary/aromatic N) is 2. The molecule has 0 saturated carbocycles. The summed E-state index contributed by atoms with van der Waals surface area (Å²) in [5, 5.41) is 0. The van der Waals surface area contributed by atoms with Crippen LogP contribution in [-0.2, 0) is 19.5 Å². The van der Waals surface area contributed by atoms with Crippen molar-refractivity contribution in [1.29, 1.82) is 0 Å². The Kier molecular flexibility index (Phi) is 16.5. The molecule has 0 N–H and O–H groups in total. The summed E-state index contributed by atoms with van der Waals surface area (Å²) in [7, 11) is 0. The van der Waals surface area contributed by atoms with Gasteiger partial charge in [-0.25, -0.2) is 9.13 Å². The maximum atomic E-state index is 2.57. The fraction of sp³-hybridized carbons (Fsp3) is 0.885. The van der Waals surface area contributed by atoms with Gasteiger partial charge in [0.15, 0.2) is 0 Å². The number of imidazole rings is 1. The van der Waals surface area contributed by atoms with Gasteiger partial charge in [-0.2, -0.15) is 0 Å². The van der Waals surface area contributed by atoms with Crippen LogP contribution in [0, 0.1) is 0 Å². The molecule has 2 heteroatoms. The largest absolute Gasteiger partial charge is 0.256 e. The zero-order valence-electron chi connectivity index (χ0n) is 19.7. The minimum atomic E-state index is 1.20. The van der Waals surface area contributed by atoms with Gasteiger partial charge in [0.05, 0.1) is 13.1 Å². The molecule has 0 aliphatic heterocycles. The average molecular weight is 392 g/mol. The highest BCUT2D eigenvalue weighted by Crippen LogP contribution is 2.12. The smallest absolute Gasteiger partial charge is 0.234 e. The second kappa shape index (κ2) is 18.3. The van der Waals surface area contributed by atoms with Crippen LogP contribution in [0.15, 0.2) is 12.4 Å². The molecule has 0 bridgehead atoms. The first-order valence-corrected chi connectivity index (χ1v) is 12.9. The lowest BCUT2D eigenvalue weighted by molar-refractivity contribution is -0.704. The van der Waals surface area contributed by atoms with Gasteiger partial charge >= 0.3 is 0 Å². The molecule has 0 amide bonds. The Morgan fingerprint density at radius 1 is 0.607 bits per heavy atom. The second-order valence-corrected chi connectivity index (χ2v) is 8.80. The predicted octanol–water partition coefficient (Wildman–Crippen LogP) is 8.01. The summed E-state index contributed by atoms with van der Waals surface area (Å²) in [6.45, 7) is 9.32. The number of hydrogen-bond acceptors (Lipinski definition) is 0. The van der Waals surface area contributed by atoms with Gasteiger partial charge in [-0.3, -0.25) is 0 Å². The van der Waals surface area contributed by atoms with E-state index in [9.17, 15) is 0 Å². The molecule has 0 atom stereocenters. The highest BCUT2D eigenvalue weighted by atomic mass is 15.1. The molecule has 2 nitrogen and oxygen atoms in total. The molecule has 1 heterocycles. The third-order valence-corrected chi connectivity index (χ3v) is 6.10. The lowest BCUT2D eigenvalue weighted by Crippen LogP contribution is -2.37. The minimum absolute atomic E-state index is 1.20. The Balaban J connectivity index is 2.33. The van der Waals surface area contributed by atoms with Crippen LogP contribution in [0.5, 0.6) is 0 Å². The maximum absolute atomic E-state index is 2.57. The molecular formula is C26H51N2+. The normalized spacial score (nSPS) is 11.4. The molecule has 0 spiro atoms. The van der Waals surface area contributed by atoms with Crippen LogP contribution in [0.3, 0.4) is 0 Å². The Hall–Kier alpha value is -0.790. The van der Waals surface area contributed by atoms with Gasteiger partial charge in [-0.15, -0.1) is 0 Å². The van der Waals surface area contributed by atoms with E-state index in [0.29, 0.717) is 0 Å². The fourth-order valence-electron chi connectivity index (χ4n) is 4.18. The molecule has 164 valence electrons. The van der Waals surface area contributed by atoms with Gasteiger partial charge in [0.25, 0.3) is 5.82 Å². The fourth-order valence-corrected chi connectivity index (χ4v) is 4.18. The number of aryl methyl sites for hydroxylation is 2. The van der Waals surface area contributed by atoms with Crippen molar-refractivity contribution in [2.24, 2.45) is 0 Å². The van der Waals surface area contributed by atoms with Crippen molar-refractivity contribution in [3.8, 4) is 0 Å². The van der Waals surface area contributed by atoms with Crippen LogP contribution in [0.1, 0.15) is 136 Å². The summed E-state index contributed by atoms with van der Waals surface area (Å²) in [6.07, 6.45) is 29.6. The van der Waals surface area contributed by atoms with E-state index in [2.05, 4.69) is 42.3 Å². The Bertz CT molecular complexity index is 449. The highest BCUT2D eigenvalue weighted by molar-refractivity contribution is 4.84.